The van der Waals surface area contributed by atoms with Crippen molar-refractivity contribution < 1.29 is 24.2 Å². The molecule has 2 aromatic rings. The number of benzene rings is 1. The first-order valence-corrected chi connectivity index (χ1v) is 7.89. The van der Waals surface area contributed by atoms with Gasteiger partial charge >= 0.3 is 5.97 Å². The van der Waals surface area contributed by atoms with Gasteiger partial charge in [0.15, 0.2) is 6.10 Å². The lowest BCUT2D eigenvalue weighted by Crippen LogP contribution is -2.51. The van der Waals surface area contributed by atoms with Gasteiger partial charge in [-0.05, 0) is 25.1 Å². The number of ether oxygens (including phenoxy) is 2. The molecule has 1 aliphatic heterocycles. The number of hydrogen-bond donors (Lipinski definition) is 1. The smallest absolute Gasteiger partial charge is 0.334 e. The first-order chi connectivity index (χ1) is 12.0. The minimum absolute atomic E-state index is 0.00996. The maximum Gasteiger partial charge on any atom is 0.334 e. The average molecular weight is 342 g/mol. The lowest BCUT2D eigenvalue weighted by atomic mass is 10.2. The lowest BCUT2D eigenvalue weighted by Gasteiger charge is -2.34. The lowest BCUT2D eigenvalue weighted by molar-refractivity contribution is -0.160. The second kappa shape index (κ2) is 7.31. The summed E-state index contributed by atoms with van der Waals surface area (Å²) >= 11 is 0. The van der Waals surface area contributed by atoms with E-state index in [2.05, 4.69) is 4.98 Å². The number of pyridine rings is 1. The third kappa shape index (κ3) is 4.13. The third-order valence-electron chi connectivity index (χ3n) is 3.75. The number of aliphatic carboxylic acids is 1. The van der Waals surface area contributed by atoms with Gasteiger partial charge in [-0.25, -0.2) is 4.79 Å². The molecule has 0 radical (unpaired) electrons. The van der Waals surface area contributed by atoms with Crippen molar-refractivity contribution in [1.29, 1.82) is 0 Å². The zero-order valence-corrected chi connectivity index (χ0v) is 13.7. The molecule has 1 fully saturated rings. The van der Waals surface area contributed by atoms with Crippen molar-refractivity contribution in [2.24, 2.45) is 0 Å². The summed E-state index contributed by atoms with van der Waals surface area (Å²) in [5, 5.41) is 9.14. The molecule has 1 saturated heterocycles. The number of nitrogens with zero attached hydrogens (tertiary/aromatic N) is 2. The predicted molar refractivity (Wildman–Crippen MR) is 88.6 cm³/mol. The van der Waals surface area contributed by atoms with Crippen LogP contribution in [0.2, 0.25) is 0 Å². The van der Waals surface area contributed by atoms with E-state index in [0.29, 0.717) is 18.0 Å². The number of hydrogen-bond acceptors (Lipinski definition) is 5. The molecule has 1 aromatic heterocycles. The molecule has 2 atom stereocenters. The van der Waals surface area contributed by atoms with Crippen molar-refractivity contribution in [1.82, 2.24) is 9.88 Å². The number of carbonyl (C=O) groups excluding carboxylic acids is 1. The fraction of sp³-hybridized carbons (Fsp3) is 0.278. The molecule has 1 unspecified atom stereocenters. The summed E-state index contributed by atoms with van der Waals surface area (Å²) in [6.07, 6.45) is 0.100. The average Bonchev–Trinajstić information content (AvgIpc) is 2.61. The first kappa shape index (κ1) is 16.9. The van der Waals surface area contributed by atoms with Crippen LogP contribution in [0.3, 0.4) is 0 Å². The Morgan fingerprint density at radius 2 is 1.96 bits per heavy atom. The van der Waals surface area contributed by atoms with Crippen LogP contribution in [0.1, 0.15) is 17.4 Å². The minimum atomic E-state index is -1.08. The molecule has 3 rings (SSSR count). The van der Waals surface area contributed by atoms with Gasteiger partial charge in [-0.1, -0.05) is 18.2 Å². The number of aromatic nitrogens is 1. The molecule has 1 aromatic carbocycles. The number of morpholine rings is 1. The maximum atomic E-state index is 12.7. The Balaban J connectivity index is 1.76. The Labute approximate surface area is 144 Å². The first-order valence-electron chi connectivity index (χ1n) is 7.89. The van der Waals surface area contributed by atoms with E-state index in [1.807, 2.05) is 30.3 Å². The Hall–Kier alpha value is -2.93. The van der Waals surface area contributed by atoms with Crippen molar-refractivity contribution >= 4 is 11.9 Å². The van der Waals surface area contributed by atoms with Gasteiger partial charge in [-0.3, -0.25) is 9.78 Å². The van der Waals surface area contributed by atoms with Crippen molar-refractivity contribution in [3.8, 4) is 11.5 Å². The molecule has 1 aliphatic rings. The van der Waals surface area contributed by atoms with Crippen LogP contribution < -0.4 is 4.74 Å². The summed E-state index contributed by atoms with van der Waals surface area (Å²) in [5.74, 6) is -0.294. The van der Waals surface area contributed by atoms with Gasteiger partial charge in [0.05, 0.1) is 12.6 Å². The van der Waals surface area contributed by atoms with E-state index in [9.17, 15) is 9.59 Å². The van der Waals surface area contributed by atoms with Crippen LogP contribution in [0.4, 0.5) is 0 Å². The fourth-order valence-corrected chi connectivity index (χ4v) is 2.63. The highest BCUT2D eigenvalue weighted by Crippen LogP contribution is 2.22. The van der Waals surface area contributed by atoms with Crippen molar-refractivity contribution in [2.45, 2.75) is 19.1 Å². The van der Waals surface area contributed by atoms with Crippen LogP contribution in [0.15, 0.2) is 48.7 Å². The Kier molecular flexibility index (Phi) is 4.95. The number of para-hydroxylation sites is 1. The topological polar surface area (TPSA) is 89.0 Å². The predicted octanol–water partition coefficient (Wildman–Crippen LogP) is 2.19. The monoisotopic (exact) mass is 342 g/mol. The maximum absolute atomic E-state index is 12.7. The highest BCUT2D eigenvalue weighted by atomic mass is 16.5. The van der Waals surface area contributed by atoms with Gasteiger partial charge in [-0.2, -0.15) is 0 Å². The molecular formula is C18H18N2O5. The number of carbonyl (C=O) groups is 2. The molecular weight excluding hydrogens is 324 g/mol. The quantitative estimate of drug-likeness (QED) is 0.916. The van der Waals surface area contributed by atoms with E-state index in [0.717, 1.165) is 0 Å². The van der Waals surface area contributed by atoms with Gasteiger partial charge in [0.1, 0.15) is 17.2 Å². The van der Waals surface area contributed by atoms with Gasteiger partial charge in [0.2, 0.25) is 0 Å². The molecule has 7 heteroatoms. The second-order valence-electron chi connectivity index (χ2n) is 5.78. The molecule has 1 N–H and O–H groups in total. The molecule has 0 spiro atoms. The SMILES string of the molecule is C[C@@H]1CN(C(=O)c2cc(Oc3ccccc3)ccn2)CC(C(=O)O)O1. The standard InChI is InChI=1S/C18H18N2O5/c1-12-10-20(11-16(24-12)18(22)23)17(21)15-9-14(7-8-19-15)25-13-5-3-2-4-6-13/h2-9,12,16H,10-11H2,1H3,(H,22,23)/t12-,16?/m1/s1. The summed E-state index contributed by atoms with van der Waals surface area (Å²) in [6.45, 7) is 2.04. The minimum Gasteiger partial charge on any atom is -0.479 e. The summed E-state index contributed by atoms with van der Waals surface area (Å²) in [7, 11) is 0. The Bertz CT molecular complexity index is 765. The van der Waals surface area contributed by atoms with E-state index < -0.39 is 12.1 Å². The molecule has 2 heterocycles. The summed E-state index contributed by atoms with van der Waals surface area (Å²) in [5.41, 5.74) is 0.201. The fourth-order valence-electron chi connectivity index (χ4n) is 2.63. The van der Waals surface area contributed by atoms with Crippen LogP contribution in [-0.4, -0.2) is 52.2 Å². The second-order valence-corrected chi connectivity index (χ2v) is 5.78. The van der Waals surface area contributed by atoms with E-state index in [-0.39, 0.29) is 24.2 Å². The van der Waals surface area contributed by atoms with Crippen LogP contribution in [0, 0.1) is 0 Å². The van der Waals surface area contributed by atoms with Crippen molar-refractivity contribution in [3.05, 3.63) is 54.4 Å². The Morgan fingerprint density at radius 3 is 2.68 bits per heavy atom. The van der Waals surface area contributed by atoms with Crippen LogP contribution >= 0.6 is 0 Å². The highest BCUT2D eigenvalue weighted by Gasteiger charge is 2.33. The molecule has 0 saturated carbocycles. The molecule has 7 nitrogen and oxygen atoms in total. The summed E-state index contributed by atoms with van der Waals surface area (Å²) < 4.78 is 11.0. The number of carboxylic acids is 1. The molecule has 0 bridgehead atoms. The molecule has 25 heavy (non-hydrogen) atoms. The van der Waals surface area contributed by atoms with E-state index in [1.54, 1.807) is 19.1 Å². The number of carboxylic acid groups (broad SMARTS) is 1. The van der Waals surface area contributed by atoms with Gasteiger partial charge in [0.25, 0.3) is 5.91 Å². The largest absolute Gasteiger partial charge is 0.479 e. The van der Waals surface area contributed by atoms with Gasteiger partial charge < -0.3 is 19.5 Å². The van der Waals surface area contributed by atoms with Crippen LogP contribution in [-0.2, 0) is 9.53 Å². The van der Waals surface area contributed by atoms with Crippen molar-refractivity contribution in [3.63, 3.8) is 0 Å². The summed E-state index contributed by atoms with van der Waals surface area (Å²) in [4.78, 5) is 29.4. The van der Waals surface area contributed by atoms with Gasteiger partial charge in [-0.15, -0.1) is 0 Å². The highest BCUT2D eigenvalue weighted by molar-refractivity contribution is 5.93. The van der Waals surface area contributed by atoms with Gasteiger partial charge in [0, 0.05) is 18.8 Å². The van der Waals surface area contributed by atoms with E-state index >= 15 is 0 Å². The third-order valence-corrected chi connectivity index (χ3v) is 3.75. The van der Waals surface area contributed by atoms with Crippen molar-refractivity contribution in [2.75, 3.05) is 13.1 Å². The van der Waals surface area contributed by atoms with E-state index in [4.69, 9.17) is 14.6 Å². The van der Waals surface area contributed by atoms with Crippen LogP contribution in [0.5, 0.6) is 11.5 Å². The number of amides is 1. The van der Waals surface area contributed by atoms with E-state index in [1.165, 1.54) is 11.1 Å². The number of rotatable bonds is 4. The zero-order chi connectivity index (χ0) is 17.8. The zero-order valence-electron chi connectivity index (χ0n) is 13.7. The normalized spacial score (nSPS) is 20.1. The molecule has 130 valence electrons. The molecule has 0 aliphatic carbocycles. The molecule has 1 amide bonds. The Morgan fingerprint density at radius 1 is 1.20 bits per heavy atom. The summed E-state index contributed by atoms with van der Waals surface area (Å²) in [6, 6.07) is 12.4. The van der Waals surface area contributed by atoms with Crippen LogP contribution in [0.25, 0.3) is 0 Å².